The van der Waals surface area contributed by atoms with E-state index in [1.54, 1.807) is 6.92 Å². The van der Waals surface area contributed by atoms with Crippen molar-refractivity contribution in [1.82, 2.24) is 10.2 Å². The highest BCUT2D eigenvalue weighted by atomic mass is 19.1. The summed E-state index contributed by atoms with van der Waals surface area (Å²) in [6, 6.07) is 6.56. The van der Waals surface area contributed by atoms with E-state index in [4.69, 9.17) is 0 Å². The molecule has 0 radical (unpaired) electrons. The zero-order valence-corrected chi connectivity index (χ0v) is 13.0. The van der Waals surface area contributed by atoms with Gasteiger partial charge in [0, 0.05) is 18.6 Å². The molecule has 1 heterocycles. The average Bonchev–Trinajstić information content (AvgIpc) is 2.54. The van der Waals surface area contributed by atoms with Crippen molar-refractivity contribution in [2.24, 2.45) is 0 Å². The van der Waals surface area contributed by atoms with Crippen LogP contribution in [0.3, 0.4) is 0 Å². The molecule has 7 heteroatoms. The van der Waals surface area contributed by atoms with Crippen molar-refractivity contribution in [3.8, 4) is 17.0 Å². The Morgan fingerprint density at radius 1 is 0.840 bits per heavy atom. The Balaban J connectivity index is 2.20. The molecule has 0 aliphatic rings. The van der Waals surface area contributed by atoms with Crippen LogP contribution < -0.4 is 0 Å². The summed E-state index contributed by atoms with van der Waals surface area (Å²) in [5.74, 6) is -4.50. The van der Waals surface area contributed by atoms with Crippen LogP contribution in [0.1, 0.15) is 16.8 Å². The number of halogens is 4. The largest absolute Gasteiger partial charge is 0.492 e. The molecule has 128 valence electrons. The summed E-state index contributed by atoms with van der Waals surface area (Å²) in [5.41, 5.74) is 0.491. The maximum atomic E-state index is 14.2. The van der Waals surface area contributed by atoms with E-state index in [9.17, 15) is 22.7 Å². The van der Waals surface area contributed by atoms with Gasteiger partial charge in [0.1, 0.15) is 23.3 Å². The van der Waals surface area contributed by atoms with Crippen LogP contribution in [0.4, 0.5) is 17.6 Å². The van der Waals surface area contributed by atoms with Crippen LogP contribution in [0.5, 0.6) is 5.88 Å². The van der Waals surface area contributed by atoms with Gasteiger partial charge in [-0.2, -0.15) is 5.10 Å². The summed E-state index contributed by atoms with van der Waals surface area (Å²) in [6.07, 6.45) is 0.126. The third-order valence-electron chi connectivity index (χ3n) is 3.81. The summed E-state index contributed by atoms with van der Waals surface area (Å²) < 4.78 is 54.6. The van der Waals surface area contributed by atoms with Crippen molar-refractivity contribution >= 4 is 0 Å². The fourth-order valence-electron chi connectivity index (χ4n) is 2.61. The normalized spacial score (nSPS) is 10.9. The molecule has 0 bridgehead atoms. The van der Waals surface area contributed by atoms with Crippen molar-refractivity contribution in [3.05, 3.63) is 76.5 Å². The number of aryl methyl sites for hydroxylation is 1. The van der Waals surface area contributed by atoms with Crippen LogP contribution in [0.15, 0.2) is 36.4 Å². The average molecular weight is 348 g/mol. The lowest BCUT2D eigenvalue weighted by Gasteiger charge is -2.14. The molecule has 0 unspecified atom stereocenters. The summed E-state index contributed by atoms with van der Waals surface area (Å²) >= 11 is 0. The van der Waals surface area contributed by atoms with Gasteiger partial charge in [0.25, 0.3) is 0 Å². The lowest BCUT2D eigenvalue weighted by atomic mass is 9.94. The van der Waals surface area contributed by atoms with E-state index in [1.165, 1.54) is 24.3 Å². The van der Waals surface area contributed by atoms with E-state index in [1.807, 2.05) is 0 Å². The van der Waals surface area contributed by atoms with Gasteiger partial charge >= 0.3 is 0 Å². The third-order valence-corrected chi connectivity index (χ3v) is 3.81. The van der Waals surface area contributed by atoms with Crippen molar-refractivity contribution in [3.63, 3.8) is 0 Å². The minimum atomic E-state index is -1.17. The summed E-state index contributed by atoms with van der Waals surface area (Å²) in [6.45, 7) is 1.56. The predicted molar refractivity (Wildman–Crippen MR) is 82.9 cm³/mol. The molecule has 0 spiro atoms. The van der Waals surface area contributed by atoms with Crippen molar-refractivity contribution < 1.29 is 22.7 Å². The van der Waals surface area contributed by atoms with E-state index >= 15 is 0 Å². The molecular formula is C18H12F4N2O. The zero-order chi connectivity index (χ0) is 18.1. The van der Waals surface area contributed by atoms with Crippen LogP contribution in [-0.4, -0.2) is 15.3 Å². The summed E-state index contributed by atoms with van der Waals surface area (Å²) in [5, 5.41) is 17.3. The van der Waals surface area contributed by atoms with Crippen LogP contribution in [0, 0.1) is 30.2 Å². The van der Waals surface area contributed by atoms with Crippen LogP contribution >= 0.6 is 0 Å². The van der Waals surface area contributed by atoms with E-state index in [2.05, 4.69) is 10.2 Å². The molecule has 0 fully saturated rings. The standard InChI is InChI=1S/C18H12F4N2O/c1-9-13(6-10-2-4-11(19)5-3-10)16(18(25)24-23-9)17-14(21)7-12(20)8-15(17)22/h2-5,7-8H,6H2,1H3,(H,24,25). The van der Waals surface area contributed by atoms with E-state index in [0.29, 0.717) is 29.0 Å². The van der Waals surface area contributed by atoms with Crippen LogP contribution in [0.2, 0.25) is 0 Å². The quantitative estimate of drug-likeness (QED) is 0.718. The Kier molecular flexibility index (Phi) is 4.39. The number of hydrogen-bond donors (Lipinski definition) is 1. The van der Waals surface area contributed by atoms with Gasteiger partial charge in [0.2, 0.25) is 5.88 Å². The summed E-state index contributed by atoms with van der Waals surface area (Å²) in [7, 11) is 0. The number of aromatic nitrogens is 2. The van der Waals surface area contributed by atoms with Gasteiger partial charge in [0.15, 0.2) is 0 Å². The van der Waals surface area contributed by atoms with Crippen LogP contribution in [-0.2, 0) is 6.42 Å². The number of benzene rings is 2. The second-order valence-corrected chi connectivity index (χ2v) is 5.51. The molecule has 0 saturated carbocycles. The highest BCUT2D eigenvalue weighted by Crippen LogP contribution is 2.37. The minimum absolute atomic E-state index is 0.126. The molecule has 3 aromatic rings. The number of aromatic hydroxyl groups is 1. The first-order valence-electron chi connectivity index (χ1n) is 7.31. The van der Waals surface area contributed by atoms with E-state index < -0.39 is 34.7 Å². The van der Waals surface area contributed by atoms with E-state index in [0.717, 1.165) is 0 Å². The number of rotatable bonds is 3. The molecule has 3 nitrogen and oxygen atoms in total. The second-order valence-electron chi connectivity index (χ2n) is 5.51. The molecule has 0 saturated heterocycles. The topological polar surface area (TPSA) is 46.0 Å². The van der Waals surface area contributed by atoms with Gasteiger partial charge in [0.05, 0.1) is 16.8 Å². The van der Waals surface area contributed by atoms with Gasteiger partial charge in [-0.25, -0.2) is 17.6 Å². The van der Waals surface area contributed by atoms with Gasteiger partial charge < -0.3 is 5.11 Å². The molecule has 2 aromatic carbocycles. The SMILES string of the molecule is Cc1nnc(O)c(-c2c(F)cc(F)cc2F)c1Cc1ccc(F)cc1. The fraction of sp³-hybridized carbons (Fsp3) is 0.111. The monoisotopic (exact) mass is 348 g/mol. The molecule has 25 heavy (non-hydrogen) atoms. The first-order valence-corrected chi connectivity index (χ1v) is 7.31. The summed E-state index contributed by atoms with van der Waals surface area (Å²) in [4.78, 5) is 0. The lowest BCUT2D eigenvalue weighted by molar-refractivity contribution is 0.444. The van der Waals surface area contributed by atoms with Gasteiger partial charge in [-0.05, 0) is 30.2 Å². The molecule has 1 aromatic heterocycles. The smallest absolute Gasteiger partial charge is 0.239 e. The Morgan fingerprint density at radius 2 is 1.44 bits per heavy atom. The zero-order valence-electron chi connectivity index (χ0n) is 13.0. The van der Waals surface area contributed by atoms with Gasteiger partial charge in [-0.1, -0.05) is 12.1 Å². The highest BCUT2D eigenvalue weighted by molar-refractivity contribution is 5.74. The Hall–Kier alpha value is -2.96. The molecule has 0 aliphatic heterocycles. The molecule has 0 atom stereocenters. The van der Waals surface area contributed by atoms with Gasteiger partial charge in [-0.15, -0.1) is 5.10 Å². The first-order chi connectivity index (χ1) is 11.9. The first kappa shape index (κ1) is 16.9. The Bertz CT molecular complexity index is 920. The van der Waals surface area contributed by atoms with E-state index in [-0.39, 0.29) is 12.0 Å². The number of hydrogen-bond acceptors (Lipinski definition) is 3. The van der Waals surface area contributed by atoms with Crippen molar-refractivity contribution in [2.75, 3.05) is 0 Å². The third kappa shape index (κ3) is 3.31. The second kappa shape index (κ2) is 6.51. The minimum Gasteiger partial charge on any atom is -0.492 e. The fourth-order valence-corrected chi connectivity index (χ4v) is 2.61. The van der Waals surface area contributed by atoms with Crippen molar-refractivity contribution in [2.45, 2.75) is 13.3 Å². The van der Waals surface area contributed by atoms with Crippen LogP contribution in [0.25, 0.3) is 11.1 Å². The predicted octanol–water partition coefficient (Wildman–Crippen LogP) is 4.30. The molecule has 0 aliphatic carbocycles. The number of nitrogens with zero attached hydrogens (tertiary/aromatic N) is 2. The Morgan fingerprint density at radius 3 is 2.04 bits per heavy atom. The highest BCUT2D eigenvalue weighted by Gasteiger charge is 2.23. The van der Waals surface area contributed by atoms with Crippen molar-refractivity contribution in [1.29, 1.82) is 0 Å². The maximum Gasteiger partial charge on any atom is 0.239 e. The Labute approximate surface area is 140 Å². The van der Waals surface area contributed by atoms with Gasteiger partial charge in [-0.3, -0.25) is 0 Å². The molecular weight excluding hydrogens is 336 g/mol. The lowest BCUT2D eigenvalue weighted by Crippen LogP contribution is -2.04. The molecule has 0 amide bonds. The molecule has 1 N–H and O–H groups in total. The molecule has 3 rings (SSSR count). The maximum absolute atomic E-state index is 14.2.